The number of furan rings is 1. The fourth-order valence-corrected chi connectivity index (χ4v) is 1.70. The van der Waals surface area contributed by atoms with Crippen molar-refractivity contribution in [2.75, 3.05) is 12.4 Å². The fraction of sp³-hybridized carbons (Fsp3) is 0.545. The Balaban J connectivity index is 2.27. The summed E-state index contributed by atoms with van der Waals surface area (Å²) < 4.78 is 4.95. The van der Waals surface area contributed by atoms with Crippen LogP contribution in [-0.4, -0.2) is 23.2 Å². The molecule has 0 unspecified atom stereocenters. The van der Waals surface area contributed by atoms with Crippen molar-refractivity contribution in [2.24, 2.45) is 0 Å². The standard InChI is InChI=1S/C11H16BrNO2/c1-13(8-10-5-7-15-9-10)11(14)4-2-3-6-12/h5,7,9H,2-4,6,8H2,1H3. The van der Waals surface area contributed by atoms with Crippen LogP contribution in [0.1, 0.15) is 24.8 Å². The van der Waals surface area contributed by atoms with Crippen molar-refractivity contribution < 1.29 is 9.21 Å². The lowest BCUT2D eigenvalue weighted by molar-refractivity contribution is -0.130. The van der Waals surface area contributed by atoms with Crippen LogP contribution in [0.25, 0.3) is 0 Å². The van der Waals surface area contributed by atoms with Gasteiger partial charge in [-0.3, -0.25) is 4.79 Å². The molecule has 0 spiro atoms. The maximum atomic E-state index is 11.6. The van der Waals surface area contributed by atoms with Gasteiger partial charge in [0.15, 0.2) is 0 Å². The molecule has 3 nitrogen and oxygen atoms in total. The van der Waals surface area contributed by atoms with Crippen LogP contribution < -0.4 is 0 Å². The second kappa shape index (κ2) is 6.67. The van der Waals surface area contributed by atoms with E-state index in [1.54, 1.807) is 17.4 Å². The van der Waals surface area contributed by atoms with Gasteiger partial charge in [-0.05, 0) is 18.9 Å². The third kappa shape index (κ3) is 4.51. The first-order valence-corrected chi connectivity index (χ1v) is 6.17. The highest BCUT2D eigenvalue weighted by atomic mass is 79.9. The largest absolute Gasteiger partial charge is 0.472 e. The van der Waals surface area contributed by atoms with Gasteiger partial charge in [-0.1, -0.05) is 15.9 Å². The van der Waals surface area contributed by atoms with Gasteiger partial charge in [0, 0.05) is 30.9 Å². The first-order chi connectivity index (χ1) is 7.24. The number of rotatable bonds is 6. The summed E-state index contributed by atoms with van der Waals surface area (Å²) in [4.78, 5) is 13.4. The molecule has 0 saturated carbocycles. The average molecular weight is 274 g/mol. The predicted molar refractivity (Wildman–Crippen MR) is 62.8 cm³/mol. The Morgan fingerprint density at radius 2 is 2.33 bits per heavy atom. The molecule has 0 aromatic carbocycles. The van der Waals surface area contributed by atoms with Gasteiger partial charge in [0.2, 0.25) is 5.91 Å². The van der Waals surface area contributed by atoms with E-state index in [2.05, 4.69) is 15.9 Å². The van der Waals surface area contributed by atoms with Crippen molar-refractivity contribution >= 4 is 21.8 Å². The minimum Gasteiger partial charge on any atom is -0.472 e. The SMILES string of the molecule is CN(Cc1ccoc1)C(=O)CCCCBr. The summed E-state index contributed by atoms with van der Waals surface area (Å²) in [5.74, 6) is 0.192. The molecule has 0 aliphatic heterocycles. The summed E-state index contributed by atoms with van der Waals surface area (Å²) >= 11 is 3.35. The monoisotopic (exact) mass is 273 g/mol. The normalized spacial score (nSPS) is 10.3. The number of nitrogens with zero attached hydrogens (tertiary/aromatic N) is 1. The van der Waals surface area contributed by atoms with Crippen LogP contribution in [0.2, 0.25) is 0 Å². The predicted octanol–water partition coefficient (Wildman–Crippen LogP) is 2.80. The molecular formula is C11H16BrNO2. The Bertz CT molecular complexity index is 285. The molecular weight excluding hydrogens is 258 g/mol. The molecule has 84 valence electrons. The second-order valence-electron chi connectivity index (χ2n) is 3.53. The van der Waals surface area contributed by atoms with E-state index < -0.39 is 0 Å². The molecule has 1 aromatic heterocycles. The summed E-state index contributed by atoms with van der Waals surface area (Å²) in [5.41, 5.74) is 1.03. The number of amides is 1. The van der Waals surface area contributed by atoms with Gasteiger partial charge >= 0.3 is 0 Å². The smallest absolute Gasteiger partial charge is 0.222 e. The molecule has 0 saturated heterocycles. The van der Waals surface area contributed by atoms with Gasteiger partial charge in [-0.25, -0.2) is 0 Å². The molecule has 4 heteroatoms. The van der Waals surface area contributed by atoms with E-state index >= 15 is 0 Å². The fourth-order valence-electron chi connectivity index (χ4n) is 1.31. The molecule has 15 heavy (non-hydrogen) atoms. The number of alkyl halides is 1. The highest BCUT2D eigenvalue weighted by molar-refractivity contribution is 9.09. The minimum absolute atomic E-state index is 0.192. The van der Waals surface area contributed by atoms with Crippen LogP contribution in [0.4, 0.5) is 0 Å². The van der Waals surface area contributed by atoms with Crippen LogP contribution in [0.5, 0.6) is 0 Å². The van der Waals surface area contributed by atoms with E-state index in [1.807, 2.05) is 13.1 Å². The van der Waals surface area contributed by atoms with Gasteiger partial charge < -0.3 is 9.32 Å². The third-order valence-corrected chi connectivity index (χ3v) is 2.76. The average Bonchev–Trinajstić information content (AvgIpc) is 2.70. The topological polar surface area (TPSA) is 33.5 Å². The quantitative estimate of drug-likeness (QED) is 0.590. The Hall–Kier alpha value is -0.770. The lowest BCUT2D eigenvalue weighted by Crippen LogP contribution is -2.25. The lowest BCUT2D eigenvalue weighted by Gasteiger charge is -2.15. The molecule has 1 heterocycles. The molecule has 0 N–H and O–H groups in total. The van der Waals surface area contributed by atoms with Gasteiger partial charge in [-0.2, -0.15) is 0 Å². The van der Waals surface area contributed by atoms with E-state index in [0.29, 0.717) is 13.0 Å². The van der Waals surface area contributed by atoms with Crippen molar-refractivity contribution in [3.63, 3.8) is 0 Å². The number of hydrogen-bond donors (Lipinski definition) is 0. The number of carbonyl (C=O) groups excluding carboxylic acids is 1. The minimum atomic E-state index is 0.192. The molecule has 1 amide bonds. The highest BCUT2D eigenvalue weighted by Gasteiger charge is 2.08. The Morgan fingerprint density at radius 3 is 2.93 bits per heavy atom. The van der Waals surface area contributed by atoms with Crippen LogP contribution in [0, 0.1) is 0 Å². The zero-order valence-electron chi connectivity index (χ0n) is 8.91. The van der Waals surface area contributed by atoms with Crippen molar-refractivity contribution in [3.8, 4) is 0 Å². The van der Waals surface area contributed by atoms with Gasteiger partial charge in [-0.15, -0.1) is 0 Å². The summed E-state index contributed by atoms with van der Waals surface area (Å²) in [6, 6.07) is 1.88. The third-order valence-electron chi connectivity index (χ3n) is 2.20. The maximum absolute atomic E-state index is 11.6. The van der Waals surface area contributed by atoms with Crippen LogP contribution in [0.3, 0.4) is 0 Å². The maximum Gasteiger partial charge on any atom is 0.222 e. The van der Waals surface area contributed by atoms with E-state index in [1.165, 1.54) is 0 Å². The van der Waals surface area contributed by atoms with Gasteiger partial charge in [0.1, 0.15) is 0 Å². The number of unbranched alkanes of at least 4 members (excludes halogenated alkanes) is 1. The molecule has 0 radical (unpaired) electrons. The van der Waals surface area contributed by atoms with Crippen molar-refractivity contribution in [3.05, 3.63) is 24.2 Å². The zero-order chi connectivity index (χ0) is 11.1. The number of carbonyl (C=O) groups is 1. The second-order valence-corrected chi connectivity index (χ2v) is 4.32. The molecule has 0 aliphatic carbocycles. The summed E-state index contributed by atoms with van der Waals surface area (Å²) in [5, 5.41) is 0.964. The summed E-state index contributed by atoms with van der Waals surface area (Å²) in [6.45, 7) is 0.629. The summed E-state index contributed by atoms with van der Waals surface area (Å²) in [7, 11) is 1.82. The Morgan fingerprint density at radius 1 is 1.53 bits per heavy atom. The highest BCUT2D eigenvalue weighted by Crippen LogP contribution is 2.07. The van der Waals surface area contributed by atoms with Crippen molar-refractivity contribution in [1.82, 2.24) is 4.90 Å². The molecule has 0 atom stereocenters. The summed E-state index contributed by atoms with van der Waals surface area (Å²) in [6.07, 6.45) is 5.91. The van der Waals surface area contributed by atoms with Crippen molar-refractivity contribution in [2.45, 2.75) is 25.8 Å². The van der Waals surface area contributed by atoms with E-state index in [4.69, 9.17) is 4.42 Å². The van der Waals surface area contributed by atoms with Crippen LogP contribution in [-0.2, 0) is 11.3 Å². The lowest BCUT2D eigenvalue weighted by atomic mass is 10.2. The first-order valence-electron chi connectivity index (χ1n) is 5.05. The van der Waals surface area contributed by atoms with Crippen molar-refractivity contribution in [1.29, 1.82) is 0 Å². The number of hydrogen-bond acceptors (Lipinski definition) is 2. The molecule has 0 fully saturated rings. The Labute approximate surface area is 98.6 Å². The zero-order valence-corrected chi connectivity index (χ0v) is 10.5. The van der Waals surface area contributed by atoms with Gasteiger partial charge in [0.05, 0.1) is 12.5 Å². The molecule has 0 bridgehead atoms. The van der Waals surface area contributed by atoms with E-state index in [-0.39, 0.29) is 5.91 Å². The molecule has 1 aromatic rings. The van der Waals surface area contributed by atoms with Gasteiger partial charge in [0.25, 0.3) is 0 Å². The van der Waals surface area contributed by atoms with E-state index in [0.717, 1.165) is 23.7 Å². The molecule has 1 rings (SSSR count). The molecule has 0 aliphatic rings. The Kier molecular flexibility index (Phi) is 5.47. The van der Waals surface area contributed by atoms with E-state index in [9.17, 15) is 4.79 Å². The van der Waals surface area contributed by atoms with Crippen LogP contribution in [0.15, 0.2) is 23.0 Å². The van der Waals surface area contributed by atoms with Crippen LogP contribution >= 0.6 is 15.9 Å². The number of halogens is 1. The first kappa shape index (κ1) is 12.3.